The first-order valence-electron chi connectivity index (χ1n) is 14.1. The summed E-state index contributed by atoms with van der Waals surface area (Å²) in [5.41, 5.74) is 7.40. The molecule has 0 saturated carbocycles. The van der Waals surface area contributed by atoms with E-state index in [1.165, 1.54) is 0 Å². The molecule has 0 aliphatic carbocycles. The summed E-state index contributed by atoms with van der Waals surface area (Å²) in [6, 6.07) is 48.1. The highest BCUT2D eigenvalue weighted by Gasteiger charge is 2.15. The fourth-order valence-corrected chi connectivity index (χ4v) is 5.35. The minimum atomic E-state index is 0.437. The molecule has 1 heterocycles. The molecule has 7 rings (SSSR count). The number of hydrogen-bond acceptors (Lipinski definition) is 4. The molecule has 0 bridgehead atoms. The molecule has 0 fully saturated rings. The summed E-state index contributed by atoms with van der Waals surface area (Å²) in [5, 5.41) is 11.8. The Morgan fingerprint density at radius 2 is 0.932 bits per heavy atom. The van der Waals surface area contributed by atoms with Crippen LogP contribution in [-0.2, 0) is 0 Å². The molecule has 0 atom stereocenters. The number of nitriles is 1. The van der Waals surface area contributed by atoms with Crippen LogP contribution in [0.3, 0.4) is 0 Å². The SMILES string of the molecule is [C-]#[N+]c1cc(C#N)cc(-c2cc3ccccc3cc2-c2ccc(-c3nc(-c4ccccc4)nc(-c4ccccc4)n3)cc2)c1. The third-order valence-corrected chi connectivity index (χ3v) is 7.53. The van der Waals surface area contributed by atoms with Crippen molar-refractivity contribution < 1.29 is 0 Å². The van der Waals surface area contributed by atoms with E-state index in [1.807, 2.05) is 97.1 Å². The van der Waals surface area contributed by atoms with Crippen molar-refractivity contribution >= 4 is 16.5 Å². The van der Waals surface area contributed by atoms with Crippen LogP contribution in [0.1, 0.15) is 5.56 Å². The lowest BCUT2D eigenvalue weighted by Gasteiger charge is -2.14. The highest BCUT2D eigenvalue weighted by atomic mass is 15.0. The smallest absolute Gasteiger partial charge is 0.189 e. The Balaban J connectivity index is 1.36. The van der Waals surface area contributed by atoms with Crippen LogP contribution >= 0.6 is 0 Å². The normalized spacial score (nSPS) is 10.7. The van der Waals surface area contributed by atoms with Crippen molar-refractivity contribution in [3.8, 4) is 62.5 Å². The Kier molecular flexibility index (Phi) is 6.89. The zero-order valence-corrected chi connectivity index (χ0v) is 23.5. The van der Waals surface area contributed by atoms with Gasteiger partial charge >= 0.3 is 0 Å². The second-order valence-corrected chi connectivity index (χ2v) is 10.4. The monoisotopic (exact) mass is 561 g/mol. The standard InChI is InChI=1S/C39H23N5/c1-41-34-21-26(25-40)20-33(22-34)36-24-32-15-9-8-14-31(32)23-35(36)27-16-18-30(19-17-27)39-43-37(28-10-4-2-5-11-28)42-38(44-39)29-12-6-3-7-13-29/h2-24H. The molecule has 6 aromatic carbocycles. The number of benzene rings is 6. The van der Waals surface area contributed by atoms with Crippen molar-refractivity contribution in [1.29, 1.82) is 5.26 Å². The maximum Gasteiger partial charge on any atom is 0.189 e. The van der Waals surface area contributed by atoms with Gasteiger partial charge in [0.1, 0.15) is 0 Å². The summed E-state index contributed by atoms with van der Waals surface area (Å²) in [6.07, 6.45) is 0. The number of nitrogens with zero attached hydrogens (tertiary/aromatic N) is 5. The van der Waals surface area contributed by atoms with Crippen LogP contribution in [0.25, 0.3) is 72.0 Å². The predicted octanol–water partition coefficient (Wildman–Crippen LogP) is 9.78. The Bertz CT molecular complexity index is 2140. The zero-order valence-electron chi connectivity index (χ0n) is 23.5. The molecule has 5 heteroatoms. The van der Waals surface area contributed by atoms with Crippen molar-refractivity contribution in [2.24, 2.45) is 0 Å². The molecule has 0 amide bonds. The lowest BCUT2D eigenvalue weighted by molar-refractivity contribution is 1.07. The van der Waals surface area contributed by atoms with Gasteiger partial charge in [0.15, 0.2) is 23.2 Å². The van der Waals surface area contributed by atoms with Gasteiger partial charge in [0.25, 0.3) is 0 Å². The van der Waals surface area contributed by atoms with Crippen LogP contribution in [0.4, 0.5) is 5.69 Å². The lowest BCUT2D eigenvalue weighted by atomic mass is 9.90. The lowest BCUT2D eigenvalue weighted by Crippen LogP contribution is -2.00. The Hall–Kier alpha value is -6.43. The van der Waals surface area contributed by atoms with Gasteiger partial charge in [-0.25, -0.2) is 19.8 Å². The third-order valence-electron chi connectivity index (χ3n) is 7.53. The highest BCUT2D eigenvalue weighted by molar-refractivity contribution is 5.97. The molecule has 0 spiro atoms. The van der Waals surface area contributed by atoms with E-state index in [0.29, 0.717) is 28.7 Å². The summed E-state index contributed by atoms with van der Waals surface area (Å²) in [5.74, 6) is 1.82. The molecule has 0 N–H and O–H groups in total. The van der Waals surface area contributed by atoms with Crippen molar-refractivity contribution in [1.82, 2.24) is 15.0 Å². The van der Waals surface area contributed by atoms with E-state index in [-0.39, 0.29) is 0 Å². The van der Waals surface area contributed by atoms with Gasteiger partial charge < -0.3 is 0 Å². The van der Waals surface area contributed by atoms with Crippen LogP contribution in [-0.4, -0.2) is 15.0 Å². The largest absolute Gasteiger partial charge is 0.238 e. The Labute approximate surface area is 255 Å². The number of fused-ring (bicyclic) bond motifs is 1. The van der Waals surface area contributed by atoms with Crippen LogP contribution in [0.5, 0.6) is 0 Å². The summed E-state index contributed by atoms with van der Waals surface area (Å²) in [4.78, 5) is 18.1. The van der Waals surface area contributed by atoms with E-state index < -0.39 is 0 Å². The van der Waals surface area contributed by atoms with E-state index >= 15 is 0 Å². The molecular formula is C39H23N5. The number of rotatable bonds is 5. The van der Waals surface area contributed by atoms with Crippen LogP contribution in [0.15, 0.2) is 140 Å². The second kappa shape index (κ2) is 11.4. The molecule has 0 radical (unpaired) electrons. The van der Waals surface area contributed by atoms with E-state index in [0.717, 1.165) is 49.7 Å². The molecule has 5 nitrogen and oxygen atoms in total. The van der Waals surface area contributed by atoms with Gasteiger partial charge in [-0.2, -0.15) is 5.26 Å². The molecule has 0 aliphatic rings. The fourth-order valence-electron chi connectivity index (χ4n) is 5.35. The first kappa shape index (κ1) is 26.5. The molecule has 0 saturated heterocycles. The summed E-state index contributed by atoms with van der Waals surface area (Å²) in [7, 11) is 0. The number of hydrogen-bond donors (Lipinski definition) is 0. The van der Waals surface area contributed by atoms with E-state index in [4.69, 9.17) is 21.5 Å². The fraction of sp³-hybridized carbons (Fsp3) is 0. The van der Waals surface area contributed by atoms with E-state index in [2.05, 4.69) is 47.3 Å². The second-order valence-electron chi connectivity index (χ2n) is 10.4. The maximum atomic E-state index is 9.64. The molecule has 7 aromatic rings. The summed E-state index contributed by atoms with van der Waals surface area (Å²) in [6.45, 7) is 7.57. The minimum absolute atomic E-state index is 0.437. The van der Waals surface area contributed by atoms with E-state index in [1.54, 1.807) is 6.07 Å². The van der Waals surface area contributed by atoms with Gasteiger partial charge in [0, 0.05) is 22.3 Å². The van der Waals surface area contributed by atoms with Gasteiger partial charge in [-0.3, -0.25) is 0 Å². The van der Waals surface area contributed by atoms with Crippen LogP contribution < -0.4 is 0 Å². The first-order chi connectivity index (χ1) is 21.7. The van der Waals surface area contributed by atoms with Crippen molar-refractivity contribution in [2.45, 2.75) is 0 Å². The van der Waals surface area contributed by atoms with Crippen LogP contribution in [0, 0.1) is 17.9 Å². The maximum absolute atomic E-state index is 9.64. The zero-order chi connectivity index (χ0) is 29.9. The van der Waals surface area contributed by atoms with Gasteiger partial charge in [-0.15, -0.1) is 0 Å². The Morgan fingerprint density at radius 3 is 1.43 bits per heavy atom. The Morgan fingerprint density at radius 1 is 0.477 bits per heavy atom. The molecular weight excluding hydrogens is 538 g/mol. The molecule has 0 unspecified atom stereocenters. The summed E-state index contributed by atoms with van der Waals surface area (Å²) >= 11 is 0. The average molecular weight is 562 g/mol. The average Bonchev–Trinajstić information content (AvgIpc) is 3.11. The van der Waals surface area contributed by atoms with Gasteiger partial charge in [0.2, 0.25) is 0 Å². The van der Waals surface area contributed by atoms with Crippen LogP contribution in [0.2, 0.25) is 0 Å². The predicted molar refractivity (Wildman–Crippen MR) is 175 cm³/mol. The van der Waals surface area contributed by atoms with Gasteiger partial charge in [-0.1, -0.05) is 109 Å². The third kappa shape index (κ3) is 5.18. The molecule has 0 aliphatic heterocycles. The molecule has 1 aromatic heterocycles. The number of aromatic nitrogens is 3. The van der Waals surface area contributed by atoms with Crippen molar-refractivity contribution in [3.63, 3.8) is 0 Å². The van der Waals surface area contributed by atoms with E-state index in [9.17, 15) is 5.26 Å². The van der Waals surface area contributed by atoms with Gasteiger partial charge in [-0.05, 0) is 63.4 Å². The summed E-state index contributed by atoms with van der Waals surface area (Å²) < 4.78 is 0. The van der Waals surface area contributed by atoms with Gasteiger partial charge in [0.05, 0.1) is 12.6 Å². The van der Waals surface area contributed by atoms with Crippen molar-refractivity contribution in [2.75, 3.05) is 0 Å². The quantitative estimate of drug-likeness (QED) is 0.196. The first-order valence-corrected chi connectivity index (χ1v) is 14.1. The van der Waals surface area contributed by atoms with Crippen molar-refractivity contribution in [3.05, 3.63) is 157 Å². The highest BCUT2D eigenvalue weighted by Crippen LogP contribution is 2.38. The minimum Gasteiger partial charge on any atom is -0.238 e. The molecule has 204 valence electrons. The molecule has 44 heavy (non-hydrogen) atoms. The topological polar surface area (TPSA) is 66.8 Å².